The van der Waals surface area contributed by atoms with Crippen LogP contribution in [0.4, 0.5) is 0 Å². The topological polar surface area (TPSA) is 116 Å². The average molecular weight is 630 g/mol. The number of hydrogen-bond acceptors (Lipinski definition) is 8. The van der Waals surface area contributed by atoms with Crippen LogP contribution in [-0.2, 0) is 28.2 Å². The molecular formula is C34H51NO8Si. The minimum atomic E-state index is -2.17. The zero-order valence-corrected chi connectivity index (χ0v) is 28.8. The summed E-state index contributed by atoms with van der Waals surface area (Å²) in [5, 5.41) is 11.9. The van der Waals surface area contributed by atoms with Gasteiger partial charge in [0.15, 0.2) is 14.4 Å². The van der Waals surface area contributed by atoms with E-state index in [1.165, 1.54) is 7.11 Å². The predicted molar refractivity (Wildman–Crippen MR) is 168 cm³/mol. The molecule has 0 unspecified atom stereocenters. The van der Waals surface area contributed by atoms with Gasteiger partial charge in [-0.25, -0.2) is 9.59 Å². The lowest BCUT2D eigenvalue weighted by molar-refractivity contribution is -0.171. The van der Waals surface area contributed by atoms with Crippen LogP contribution < -0.4 is 0 Å². The molecule has 44 heavy (non-hydrogen) atoms. The minimum absolute atomic E-state index is 0.0101. The van der Waals surface area contributed by atoms with Crippen molar-refractivity contribution in [1.82, 2.24) is 4.98 Å². The molecular weight excluding hydrogens is 578 g/mol. The second kappa shape index (κ2) is 11.8. The molecule has 0 aromatic carbocycles. The molecule has 1 aromatic rings. The van der Waals surface area contributed by atoms with Crippen LogP contribution in [0.5, 0.6) is 0 Å². The van der Waals surface area contributed by atoms with Crippen molar-refractivity contribution in [3.63, 3.8) is 0 Å². The van der Waals surface area contributed by atoms with Crippen LogP contribution >= 0.6 is 0 Å². The van der Waals surface area contributed by atoms with E-state index >= 15 is 0 Å². The maximum absolute atomic E-state index is 13.7. The van der Waals surface area contributed by atoms with Gasteiger partial charge in [-0.1, -0.05) is 52.8 Å². The van der Waals surface area contributed by atoms with Crippen molar-refractivity contribution in [2.75, 3.05) is 7.11 Å². The first-order chi connectivity index (χ1) is 20.5. The number of aliphatic hydroxyl groups is 1. The van der Waals surface area contributed by atoms with Crippen molar-refractivity contribution in [3.8, 4) is 0 Å². The molecule has 2 aliphatic carbocycles. The van der Waals surface area contributed by atoms with Crippen molar-refractivity contribution in [2.24, 2.45) is 29.6 Å². The van der Waals surface area contributed by atoms with E-state index in [9.17, 15) is 14.7 Å². The Morgan fingerprint density at radius 1 is 1.23 bits per heavy atom. The molecule has 3 heterocycles. The highest BCUT2D eigenvalue weighted by Gasteiger charge is 2.69. The summed E-state index contributed by atoms with van der Waals surface area (Å²) < 4.78 is 31.9. The van der Waals surface area contributed by atoms with Crippen LogP contribution in [0.1, 0.15) is 65.4 Å². The van der Waals surface area contributed by atoms with Gasteiger partial charge in [-0.15, -0.1) is 0 Å². The molecule has 244 valence electrons. The Morgan fingerprint density at radius 2 is 1.93 bits per heavy atom. The normalized spacial score (nSPS) is 40.8. The second-order valence-corrected chi connectivity index (χ2v) is 19.7. The molecule has 1 saturated carbocycles. The second-order valence-electron chi connectivity index (χ2n) is 14.9. The summed E-state index contributed by atoms with van der Waals surface area (Å²) in [5.74, 6) is -2.20. The Kier molecular flexibility index (Phi) is 8.92. The highest BCUT2D eigenvalue weighted by Crippen LogP contribution is 2.61. The van der Waals surface area contributed by atoms with E-state index < -0.39 is 56.4 Å². The zero-order valence-electron chi connectivity index (χ0n) is 27.8. The quantitative estimate of drug-likeness (QED) is 0.243. The van der Waals surface area contributed by atoms with Gasteiger partial charge >= 0.3 is 11.9 Å². The number of cyclic esters (lactones) is 1. The standard InChI is InChI=1S/C34H51NO8Si/c1-18-16-19(2)34-22(17-25(39-8)32(38)40-28(18)21(4)43-44(9,10)33(5,6)7)13-14-23-26(34)27(36)20(3)29(30(23)42-34)41-31(37)24-12-11-15-35-24/h11-16,18,20-23,25-30,35-36H,17H2,1-10H3/b19-16+/t18-,20-,21-,22-,23-,25+,26+,27-,28+,29-,30-,34+/m1/s1. The Bertz CT molecular complexity index is 1280. The summed E-state index contributed by atoms with van der Waals surface area (Å²) >= 11 is 0. The van der Waals surface area contributed by atoms with Crippen molar-refractivity contribution >= 4 is 20.3 Å². The number of esters is 2. The van der Waals surface area contributed by atoms with Crippen molar-refractivity contribution < 1.29 is 38.1 Å². The number of methoxy groups -OCH3 is 1. The van der Waals surface area contributed by atoms with E-state index in [4.69, 9.17) is 23.4 Å². The smallest absolute Gasteiger partial charge is 0.355 e. The summed E-state index contributed by atoms with van der Waals surface area (Å²) in [6.07, 6.45) is 4.65. The van der Waals surface area contributed by atoms with Gasteiger partial charge in [0.2, 0.25) is 0 Å². The molecule has 1 spiro atoms. The molecule has 1 saturated heterocycles. The molecule has 12 atom stereocenters. The van der Waals surface area contributed by atoms with E-state index in [0.717, 1.165) is 5.57 Å². The van der Waals surface area contributed by atoms with Crippen molar-refractivity contribution in [1.29, 1.82) is 0 Å². The molecule has 0 radical (unpaired) electrons. The number of hydrogen-bond donors (Lipinski definition) is 2. The molecule has 0 amide bonds. The molecule has 10 heteroatoms. The first kappa shape index (κ1) is 33.1. The van der Waals surface area contributed by atoms with Gasteiger partial charge in [-0.2, -0.15) is 0 Å². The van der Waals surface area contributed by atoms with E-state index in [2.05, 4.69) is 64.0 Å². The summed E-state index contributed by atoms with van der Waals surface area (Å²) in [6.45, 7) is 19.0. The number of aromatic nitrogens is 1. The first-order valence-electron chi connectivity index (χ1n) is 16.0. The average Bonchev–Trinajstić information content (AvgIpc) is 3.54. The fourth-order valence-corrected chi connectivity index (χ4v) is 9.26. The summed E-state index contributed by atoms with van der Waals surface area (Å²) in [7, 11) is -0.645. The number of ether oxygens (including phenoxy) is 4. The maximum Gasteiger partial charge on any atom is 0.355 e. The van der Waals surface area contributed by atoms with Crippen LogP contribution in [0, 0.1) is 29.6 Å². The molecule has 1 aromatic heterocycles. The Morgan fingerprint density at radius 3 is 2.55 bits per heavy atom. The van der Waals surface area contributed by atoms with Crippen LogP contribution in [-0.4, -0.2) is 79.7 Å². The van der Waals surface area contributed by atoms with E-state index in [1.807, 2.05) is 20.8 Å². The zero-order chi connectivity index (χ0) is 32.4. The summed E-state index contributed by atoms with van der Waals surface area (Å²) in [4.78, 5) is 29.6. The van der Waals surface area contributed by atoms with Crippen molar-refractivity contribution in [2.45, 2.75) is 115 Å². The van der Waals surface area contributed by atoms with E-state index in [-0.39, 0.29) is 40.7 Å². The minimum Gasteiger partial charge on any atom is -0.457 e. The summed E-state index contributed by atoms with van der Waals surface area (Å²) in [6, 6.07) is 3.42. The van der Waals surface area contributed by atoms with Gasteiger partial charge < -0.3 is 33.5 Å². The largest absolute Gasteiger partial charge is 0.457 e. The number of carbonyl (C=O) groups excluding carboxylic acids is 2. The van der Waals surface area contributed by atoms with Gasteiger partial charge in [-0.3, -0.25) is 0 Å². The van der Waals surface area contributed by atoms with Crippen LogP contribution in [0.2, 0.25) is 18.1 Å². The Hall–Kier alpha value is -2.24. The third-order valence-corrected chi connectivity index (χ3v) is 15.8. The highest BCUT2D eigenvalue weighted by atomic mass is 28.4. The monoisotopic (exact) mass is 629 g/mol. The highest BCUT2D eigenvalue weighted by molar-refractivity contribution is 6.74. The van der Waals surface area contributed by atoms with Gasteiger partial charge in [0.25, 0.3) is 0 Å². The number of aliphatic hydroxyl groups excluding tert-OH is 1. The van der Waals surface area contributed by atoms with Crippen LogP contribution in [0.15, 0.2) is 42.1 Å². The fourth-order valence-electron chi connectivity index (χ4n) is 7.84. The van der Waals surface area contributed by atoms with E-state index in [1.54, 1.807) is 18.3 Å². The molecule has 2 N–H and O–H groups in total. The maximum atomic E-state index is 13.7. The summed E-state index contributed by atoms with van der Waals surface area (Å²) in [5.41, 5.74) is 0.408. The first-order valence-corrected chi connectivity index (χ1v) is 18.9. The lowest BCUT2D eigenvalue weighted by Crippen LogP contribution is -2.57. The molecule has 9 nitrogen and oxygen atoms in total. The van der Waals surface area contributed by atoms with Crippen LogP contribution in [0.3, 0.4) is 0 Å². The molecule has 2 fully saturated rings. The Labute approximate surface area is 262 Å². The van der Waals surface area contributed by atoms with E-state index in [0.29, 0.717) is 12.1 Å². The van der Waals surface area contributed by atoms with Gasteiger partial charge in [0.05, 0.1) is 12.2 Å². The number of carbonyl (C=O) groups is 2. The van der Waals surface area contributed by atoms with Crippen LogP contribution in [0.25, 0.3) is 0 Å². The SMILES string of the molecule is CO[C@H]1C[C@H]2C=C[C@H]3[C@H]4O[C@]2(/C(C)=C/[C@@H](C)[C@@H]([C@@H](C)O[Si](C)(C)C(C)(C)C)OC1=O)[C@@H]3[C@H](O)[C@@H](C)[C@H]4OC(=O)c1ccc[nH]1. The predicted octanol–water partition coefficient (Wildman–Crippen LogP) is 5.43. The van der Waals surface area contributed by atoms with Gasteiger partial charge in [0.1, 0.15) is 29.6 Å². The molecule has 2 aliphatic heterocycles. The third-order valence-electron chi connectivity index (χ3n) is 11.2. The fraction of sp³-hybridized carbons (Fsp3) is 0.706. The number of nitrogens with one attached hydrogen (secondary N) is 1. The number of rotatable bonds is 6. The van der Waals surface area contributed by atoms with Crippen molar-refractivity contribution in [3.05, 3.63) is 47.8 Å². The number of aromatic amines is 1. The van der Waals surface area contributed by atoms with Gasteiger partial charge in [0, 0.05) is 42.9 Å². The number of H-pyrrole nitrogens is 1. The lowest BCUT2D eigenvalue weighted by atomic mass is 9.57. The molecule has 4 aliphatic rings. The van der Waals surface area contributed by atoms with Gasteiger partial charge in [-0.05, 0) is 56.1 Å². The lowest BCUT2D eigenvalue weighted by Gasteiger charge is -2.49. The molecule has 5 rings (SSSR count). The molecule has 4 bridgehead atoms. The third kappa shape index (κ3) is 5.44. The Balaban J connectivity index is 1.54.